The zero-order valence-electron chi connectivity index (χ0n) is 17.8. The maximum atomic E-state index is 12.1. The van der Waals surface area contributed by atoms with Gasteiger partial charge in [-0.3, -0.25) is 4.79 Å². The third kappa shape index (κ3) is 9.93. The second-order valence-corrected chi connectivity index (χ2v) is 6.43. The number of methoxy groups -OCH3 is 1. The van der Waals surface area contributed by atoms with Crippen molar-refractivity contribution in [2.24, 2.45) is 0 Å². The van der Waals surface area contributed by atoms with Gasteiger partial charge in [-0.05, 0) is 43.3 Å². The second-order valence-electron chi connectivity index (χ2n) is 6.43. The number of ketones is 1. The minimum atomic E-state index is -0.726. The lowest BCUT2D eigenvalue weighted by Crippen LogP contribution is -2.14. The van der Waals surface area contributed by atoms with Crippen LogP contribution in [0.5, 0.6) is 0 Å². The first-order valence-electron chi connectivity index (χ1n) is 9.71. The number of benzene rings is 2. The molecule has 0 radical (unpaired) electrons. The molecule has 34 heavy (non-hydrogen) atoms. The van der Waals surface area contributed by atoms with Crippen LogP contribution in [-0.4, -0.2) is 64.0 Å². The molecule has 9 nitrogen and oxygen atoms in total. The minimum Gasteiger partial charge on any atom is -0.460 e. The van der Waals surface area contributed by atoms with Gasteiger partial charge in [0.2, 0.25) is 6.79 Å². The van der Waals surface area contributed by atoms with Crippen molar-refractivity contribution in [1.82, 2.24) is 0 Å². The lowest BCUT2D eigenvalue weighted by molar-refractivity contribution is -0.0167. The summed E-state index contributed by atoms with van der Waals surface area (Å²) in [6.07, 6.45) is 0. The van der Waals surface area contributed by atoms with E-state index < -0.39 is 24.7 Å². The van der Waals surface area contributed by atoms with Crippen LogP contribution < -0.4 is 0 Å². The monoisotopic (exact) mass is 476 g/mol. The predicted molar refractivity (Wildman–Crippen MR) is 125 cm³/mol. The van der Waals surface area contributed by atoms with Crippen molar-refractivity contribution >= 4 is 23.7 Å². The maximum absolute atomic E-state index is 12.1. The Kier molecular flexibility index (Phi) is 14.4. The minimum absolute atomic E-state index is 0. The Labute approximate surface area is 199 Å². The predicted octanol–water partition coefficient (Wildman–Crippen LogP) is 3.95. The molecule has 0 aliphatic heterocycles. The third-order valence-electron chi connectivity index (χ3n) is 4.16. The molecule has 0 saturated carbocycles. The van der Waals surface area contributed by atoms with Crippen LogP contribution in [0.4, 0.5) is 0 Å². The summed E-state index contributed by atoms with van der Waals surface area (Å²) in [7, 11) is 1.56. The standard InChI is InChI=1S/C23H24O9.2CH4/c1-16(24)17-3-5-19(6-4-17)22(26)31-15-32-23(27)20-9-7-18(8-10-20)21(25)30-14-13-29-12-11-28-2;;/h3-10H,11-15H2,1-2H3;2*1H4. The molecule has 2 rings (SSSR count). The molecule has 0 amide bonds. The Morgan fingerprint density at radius 3 is 1.38 bits per heavy atom. The van der Waals surface area contributed by atoms with E-state index in [0.29, 0.717) is 18.8 Å². The quantitative estimate of drug-likeness (QED) is 0.194. The summed E-state index contributed by atoms with van der Waals surface area (Å²) in [5, 5.41) is 0. The smallest absolute Gasteiger partial charge is 0.340 e. The van der Waals surface area contributed by atoms with Gasteiger partial charge in [-0.15, -0.1) is 0 Å². The Morgan fingerprint density at radius 1 is 0.588 bits per heavy atom. The highest BCUT2D eigenvalue weighted by Crippen LogP contribution is 2.09. The van der Waals surface area contributed by atoms with Crippen molar-refractivity contribution < 1.29 is 42.9 Å². The van der Waals surface area contributed by atoms with Crippen molar-refractivity contribution in [2.75, 3.05) is 40.3 Å². The van der Waals surface area contributed by atoms with Crippen LogP contribution in [0.1, 0.15) is 63.2 Å². The molecule has 186 valence electrons. The summed E-state index contributed by atoms with van der Waals surface area (Å²) in [5.74, 6) is -2.09. The lowest BCUT2D eigenvalue weighted by Gasteiger charge is -2.08. The van der Waals surface area contributed by atoms with Gasteiger partial charge in [0.05, 0.1) is 36.5 Å². The first-order valence-corrected chi connectivity index (χ1v) is 9.71. The number of hydrogen-bond acceptors (Lipinski definition) is 9. The van der Waals surface area contributed by atoms with Crippen molar-refractivity contribution in [3.63, 3.8) is 0 Å². The first kappa shape index (κ1) is 30.4. The van der Waals surface area contributed by atoms with Crippen LogP contribution in [-0.2, 0) is 23.7 Å². The molecule has 2 aromatic rings. The Hall–Kier alpha value is -3.56. The maximum Gasteiger partial charge on any atom is 0.340 e. The lowest BCUT2D eigenvalue weighted by atomic mass is 10.1. The summed E-state index contributed by atoms with van der Waals surface area (Å²) in [4.78, 5) is 47.2. The third-order valence-corrected chi connectivity index (χ3v) is 4.16. The molecule has 2 aromatic carbocycles. The van der Waals surface area contributed by atoms with Gasteiger partial charge in [0.1, 0.15) is 6.61 Å². The van der Waals surface area contributed by atoms with Crippen LogP contribution >= 0.6 is 0 Å². The zero-order valence-corrected chi connectivity index (χ0v) is 17.8. The molecule has 0 spiro atoms. The number of ether oxygens (including phenoxy) is 5. The fraction of sp³-hybridized carbons (Fsp3) is 0.360. The van der Waals surface area contributed by atoms with E-state index in [0.717, 1.165) is 0 Å². The van der Waals surface area contributed by atoms with E-state index >= 15 is 0 Å². The van der Waals surface area contributed by atoms with Crippen LogP contribution in [0, 0.1) is 0 Å². The fourth-order valence-corrected chi connectivity index (χ4v) is 2.41. The molecule has 0 aromatic heterocycles. The summed E-state index contributed by atoms with van der Waals surface area (Å²) in [6.45, 7) is 2.04. The van der Waals surface area contributed by atoms with Crippen molar-refractivity contribution in [3.05, 3.63) is 70.8 Å². The van der Waals surface area contributed by atoms with E-state index in [2.05, 4.69) is 0 Å². The molecule has 0 atom stereocenters. The highest BCUT2D eigenvalue weighted by Gasteiger charge is 2.13. The summed E-state index contributed by atoms with van der Waals surface area (Å²) >= 11 is 0. The molecule has 0 heterocycles. The molecule has 9 heteroatoms. The number of Topliss-reactive ketones (excluding diaryl/α,β-unsaturated/α-hetero) is 1. The summed E-state index contributed by atoms with van der Waals surface area (Å²) in [5.41, 5.74) is 1.12. The van der Waals surface area contributed by atoms with Gasteiger partial charge in [-0.2, -0.15) is 0 Å². The van der Waals surface area contributed by atoms with Gasteiger partial charge in [-0.25, -0.2) is 14.4 Å². The molecule has 0 saturated heterocycles. The Bertz CT molecular complexity index is 918. The van der Waals surface area contributed by atoms with Gasteiger partial charge in [0, 0.05) is 12.7 Å². The Morgan fingerprint density at radius 2 is 0.971 bits per heavy atom. The normalized spacial score (nSPS) is 9.71. The second kappa shape index (κ2) is 16.1. The number of carbonyl (C=O) groups excluding carboxylic acids is 4. The topological polar surface area (TPSA) is 114 Å². The SMILES string of the molecule is C.C.COCCOCCOC(=O)c1ccc(C(=O)OCOC(=O)c2ccc(C(C)=O)cc2)cc1. The average molecular weight is 477 g/mol. The van der Waals surface area contributed by atoms with Crippen LogP contribution in [0.3, 0.4) is 0 Å². The van der Waals surface area contributed by atoms with E-state index in [9.17, 15) is 19.2 Å². The van der Waals surface area contributed by atoms with E-state index in [4.69, 9.17) is 23.7 Å². The molecule has 0 N–H and O–H groups in total. The van der Waals surface area contributed by atoms with Gasteiger partial charge in [-0.1, -0.05) is 27.0 Å². The fourth-order valence-electron chi connectivity index (χ4n) is 2.41. The number of esters is 3. The van der Waals surface area contributed by atoms with E-state index in [1.165, 1.54) is 55.5 Å². The average Bonchev–Trinajstić information content (AvgIpc) is 2.81. The molecule has 0 aliphatic rings. The van der Waals surface area contributed by atoms with Gasteiger partial charge < -0.3 is 23.7 Å². The van der Waals surface area contributed by atoms with Crippen LogP contribution in [0.15, 0.2) is 48.5 Å². The van der Waals surface area contributed by atoms with Crippen LogP contribution in [0.2, 0.25) is 0 Å². The molecule has 0 aliphatic carbocycles. The number of hydrogen-bond donors (Lipinski definition) is 0. The molecule has 0 fully saturated rings. The molecule has 0 bridgehead atoms. The zero-order chi connectivity index (χ0) is 23.3. The van der Waals surface area contributed by atoms with Gasteiger partial charge in [0.15, 0.2) is 5.78 Å². The van der Waals surface area contributed by atoms with Crippen molar-refractivity contribution in [3.8, 4) is 0 Å². The van der Waals surface area contributed by atoms with E-state index in [-0.39, 0.29) is 50.5 Å². The van der Waals surface area contributed by atoms with E-state index in [1.54, 1.807) is 7.11 Å². The highest BCUT2D eigenvalue weighted by atomic mass is 16.7. The largest absolute Gasteiger partial charge is 0.460 e. The summed E-state index contributed by atoms with van der Waals surface area (Å²) in [6, 6.07) is 11.6. The number of carbonyl (C=O) groups is 4. The van der Waals surface area contributed by atoms with E-state index in [1.807, 2.05) is 0 Å². The number of rotatable bonds is 12. The van der Waals surface area contributed by atoms with Gasteiger partial charge in [0.25, 0.3) is 0 Å². The van der Waals surface area contributed by atoms with Crippen LogP contribution in [0.25, 0.3) is 0 Å². The highest BCUT2D eigenvalue weighted by molar-refractivity contribution is 5.96. The van der Waals surface area contributed by atoms with Gasteiger partial charge >= 0.3 is 17.9 Å². The van der Waals surface area contributed by atoms with Crippen molar-refractivity contribution in [1.29, 1.82) is 0 Å². The molecular weight excluding hydrogens is 444 g/mol. The summed E-state index contributed by atoms with van der Waals surface area (Å²) < 4.78 is 24.9. The Balaban J connectivity index is 0.00000544. The first-order chi connectivity index (χ1) is 15.4. The molecule has 0 unspecified atom stereocenters. The molecular formula is C25H32O9. The van der Waals surface area contributed by atoms with Crippen molar-refractivity contribution in [2.45, 2.75) is 21.8 Å².